The fourth-order valence-electron chi connectivity index (χ4n) is 2.57. The Morgan fingerprint density at radius 3 is 2.35 bits per heavy atom. The summed E-state index contributed by atoms with van der Waals surface area (Å²) in [4.78, 5) is 24.1. The van der Waals surface area contributed by atoms with Gasteiger partial charge in [-0.1, -0.05) is 23.7 Å². The van der Waals surface area contributed by atoms with Gasteiger partial charge in [-0.2, -0.15) is 5.10 Å². The minimum atomic E-state index is -1.27. The Bertz CT molecular complexity index is 909. The second kappa shape index (κ2) is 6.49. The van der Waals surface area contributed by atoms with Crippen LogP contribution < -0.4 is 5.32 Å². The van der Waals surface area contributed by atoms with Crippen molar-refractivity contribution in [1.29, 1.82) is 0 Å². The van der Waals surface area contributed by atoms with E-state index in [0.717, 1.165) is 11.4 Å². The lowest BCUT2D eigenvalue weighted by molar-refractivity contribution is -0.222. The molecular formula is C18H18ClN3O4. The van der Waals surface area contributed by atoms with Crippen molar-refractivity contribution < 1.29 is 19.1 Å². The number of cyclic esters (lactones) is 2. The average Bonchev–Trinajstić information content (AvgIpc) is 2.81. The smallest absolute Gasteiger partial charge is 0.350 e. The van der Waals surface area contributed by atoms with Gasteiger partial charge in [-0.15, -0.1) is 0 Å². The minimum absolute atomic E-state index is 0.217. The molecule has 1 fully saturated rings. The van der Waals surface area contributed by atoms with Gasteiger partial charge in [-0.05, 0) is 26.0 Å². The van der Waals surface area contributed by atoms with Gasteiger partial charge >= 0.3 is 11.9 Å². The molecule has 0 saturated carbocycles. The van der Waals surface area contributed by atoms with E-state index < -0.39 is 17.7 Å². The number of carbonyl (C=O) groups excluding carboxylic acids is 2. The first kappa shape index (κ1) is 18.0. The van der Waals surface area contributed by atoms with Gasteiger partial charge in [-0.25, -0.2) is 14.3 Å². The monoisotopic (exact) mass is 375 g/mol. The van der Waals surface area contributed by atoms with Crippen molar-refractivity contribution in [3.63, 3.8) is 0 Å². The van der Waals surface area contributed by atoms with Crippen molar-refractivity contribution in [1.82, 2.24) is 9.78 Å². The summed E-state index contributed by atoms with van der Waals surface area (Å²) in [5.74, 6) is -2.76. The Morgan fingerprint density at radius 2 is 1.77 bits per heavy atom. The lowest BCUT2D eigenvalue weighted by Gasteiger charge is -2.29. The van der Waals surface area contributed by atoms with E-state index in [-0.39, 0.29) is 5.57 Å². The number of nitrogens with one attached hydrogen (secondary N) is 1. The maximum Gasteiger partial charge on any atom is 0.350 e. The van der Waals surface area contributed by atoms with Crippen molar-refractivity contribution in [3.05, 3.63) is 52.4 Å². The Hall–Kier alpha value is -2.80. The number of anilines is 1. The third kappa shape index (κ3) is 3.30. The first-order valence-corrected chi connectivity index (χ1v) is 8.32. The second-order valence-corrected chi connectivity index (χ2v) is 6.67. The SMILES string of the molecule is Cc1nn(-c2ccccc2NC=C2C(=O)OC(C)(C)OC2=O)c(C)c1Cl. The second-order valence-electron chi connectivity index (χ2n) is 6.29. The van der Waals surface area contributed by atoms with Crippen LogP contribution in [-0.4, -0.2) is 27.5 Å². The van der Waals surface area contributed by atoms with Crippen LogP contribution in [0.2, 0.25) is 5.02 Å². The number of hydrogen-bond donors (Lipinski definition) is 1. The van der Waals surface area contributed by atoms with Gasteiger partial charge in [-0.3, -0.25) is 0 Å². The number of nitrogens with zero attached hydrogens (tertiary/aromatic N) is 2. The van der Waals surface area contributed by atoms with Gasteiger partial charge in [0, 0.05) is 20.0 Å². The summed E-state index contributed by atoms with van der Waals surface area (Å²) in [6, 6.07) is 7.30. The first-order chi connectivity index (χ1) is 12.2. The topological polar surface area (TPSA) is 82.5 Å². The summed E-state index contributed by atoms with van der Waals surface area (Å²) in [5, 5.41) is 7.97. The highest BCUT2D eigenvalue weighted by Gasteiger charge is 2.39. The van der Waals surface area contributed by atoms with Crippen LogP contribution in [0.3, 0.4) is 0 Å². The van der Waals surface area contributed by atoms with Crippen molar-refractivity contribution in [2.75, 3.05) is 5.32 Å². The molecule has 0 radical (unpaired) electrons. The summed E-state index contributed by atoms with van der Waals surface area (Å²) in [5.41, 5.74) is 2.62. The average molecular weight is 376 g/mol. The van der Waals surface area contributed by atoms with E-state index in [9.17, 15) is 9.59 Å². The van der Waals surface area contributed by atoms with Gasteiger partial charge in [0.25, 0.3) is 5.79 Å². The number of aryl methyl sites for hydroxylation is 1. The highest BCUT2D eigenvalue weighted by molar-refractivity contribution is 6.31. The van der Waals surface area contributed by atoms with Gasteiger partial charge in [0.15, 0.2) is 5.57 Å². The molecule has 1 saturated heterocycles. The highest BCUT2D eigenvalue weighted by Crippen LogP contribution is 2.27. The number of para-hydroxylation sites is 2. The predicted octanol–water partition coefficient (Wildman–Crippen LogP) is 3.27. The number of benzene rings is 1. The lowest BCUT2D eigenvalue weighted by Crippen LogP contribution is -2.42. The van der Waals surface area contributed by atoms with Crippen LogP contribution in [0, 0.1) is 13.8 Å². The maximum absolute atomic E-state index is 12.0. The van der Waals surface area contributed by atoms with Crippen LogP contribution in [-0.2, 0) is 19.1 Å². The Labute approximate surface area is 155 Å². The van der Waals surface area contributed by atoms with Gasteiger partial charge in [0.2, 0.25) is 0 Å². The van der Waals surface area contributed by atoms with Crippen LogP contribution in [0.5, 0.6) is 0 Å². The number of esters is 2. The van der Waals surface area contributed by atoms with E-state index >= 15 is 0 Å². The molecule has 1 aromatic heterocycles. The van der Waals surface area contributed by atoms with E-state index in [1.165, 1.54) is 20.0 Å². The number of carbonyl (C=O) groups is 2. The molecule has 0 atom stereocenters. The van der Waals surface area contributed by atoms with Crippen molar-refractivity contribution in [2.45, 2.75) is 33.5 Å². The number of rotatable bonds is 3. The molecule has 7 nitrogen and oxygen atoms in total. The molecule has 2 heterocycles. The van der Waals surface area contributed by atoms with Crippen LogP contribution in [0.25, 0.3) is 5.69 Å². The van der Waals surface area contributed by atoms with Crippen molar-refractivity contribution in [3.8, 4) is 5.69 Å². The number of hydrogen-bond acceptors (Lipinski definition) is 6. The molecular weight excluding hydrogens is 358 g/mol. The largest absolute Gasteiger partial charge is 0.419 e. The zero-order valence-corrected chi connectivity index (χ0v) is 15.5. The third-order valence-electron chi connectivity index (χ3n) is 3.82. The molecule has 0 unspecified atom stereocenters. The molecule has 0 bridgehead atoms. The highest BCUT2D eigenvalue weighted by atomic mass is 35.5. The summed E-state index contributed by atoms with van der Waals surface area (Å²) < 4.78 is 11.8. The molecule has 26 heavy (non-hydrogen) atoms. The van der Waals surface area contributed by atoms with Crippen LogP contribution in [0.15, 0.2) is 36.0 Å². The van der Waals surface area contributed by atoms with Crippen LogP contribution >= 0.6 is 11.6 Å². The summed E-state index contributed by atoms with van der Waals surface area (Å²) in [7, 11) is 0. The molecule has 3 rings (SSSR count). The van der Waals surface area contributed by atoms with Gasteiger partial charge in [0.1, 0.15) is 0 Å². The van der Waals surface area contributed by atoms with E-state index in [1.807, 2.05) is 32.0 Å². The molecule has 1 aromatic carbocycles. The minimum Gasteiger partial charge on any atom is -0.419 e. The standard InChI is InChI=1S/C18H18ClN3O4/c1-10-15(19)11(2)22(21-10)14-8-6-5-7-13(14)20-9-12-16(23)25-18(3,4)26-17(12)24/h5-9,20H,1-4H3. The summed E-state index contributed by atoms with van der Waals surface area (Å²) >= 11 is 6.23. The molecule has 0 amide bonds. The molecule has 1 aliphatic rings. The fraction of sp³-hybridized carbons (Fsp3) is 0.278. The zero-order chi connectivity index (χ0) is 19.1. The quantitative estimate of drug-likeness (QED) is 0.503. The normalized spacial score (nSPS) is 16.1. The van der Waals surface area contributed by atoms with E-state index in [2.05, 4.69) is 10.4 Å². The zero-order valence-electron chi connectivity index (χ0n) is 14.8. The number of halogens is 1. The molecule has 136 valence electrons. The van der Waals surface area contributed by atoms with Crippen molar-refractivity contribution >= 4 is 29.2 Å². The van der Waals surface area contributed by atoms with Gasteiger partial charge < -0.3 is 14.8 Å². The molecule has 2 aromatic rings. The fourth-order valence-corrected chi connectivity index (χ4v) is 2.68. The van der Waals surface area contributed by atoms with E-state index in [1.54, 1.807) is 10.7 Å². The maximum atomic E-state index is 12.0. The Kier molecular flexibility index (Phi) is 4.50. The number of aromatic nitrogens is 2. The molecule has 0 aliphatic carbocycles. The molecule has 1 aliphatic heterocycles. The summed E-state index contributed by atoms with van der Waals surface area (Å²) in [6.07, 6.45) is 1.27. The van der Waals surface area contributed by atoms with Gasteiger partial charge in [0.05, 0.1) is 27.8 Å². The predicted molar refractivity (Wildman–Crippen MR) is 96.0 cm³/mol. The molecule has 0 spiro atoms. The summed E-state index contributed by atoms with van der Waals surface area (Å²) in [6.45, 7) is 6.67. The molecule has 8 heteroatoms. The van der Waals surface area contributed by atoms with Crippen LogP contribution in [0.1, 0.15) is 25.2 Å². The Morgan fingerprint density at radius 1 is 1.15 bits per heavy atom. The van der Waals surface area contributed by atoms with E-state index in [0.29, 0.717) is 16.4 Å². The lowest BCUT2D eigenvalue weighted by atomic mass is 10.2. The first-order valence-electron chi connectivity index (χ1n) is 7.94. The van der Waals surface area contributed by atoms with Crippen LogP contribution in [0.4, 0.5) is 5.69 Å². The van der Waals surface area contributed by atoms with Crippen molar-refractivity contribution in [2.24, 2.45) is 0 Å². The van der Waals surface area contributed by atoms with E-state index in [4.69, 9.17) is 21.1 Å². The Balaban J connectivity index is 1.94. The third-order valence-corrected chi connectivity index (χ3v) is 4.37. The number of ether oxygens (including phenoxy) is 2. The molecule has 1 N–H and O–H groups in total.